The van der Waals surface area contributed by atoms with E-state index in [4.69, 9.17) is 10.5 Å². The van der Waals surface area contributed by atoms with Crippen LogP contribution in [0.15, 0.2) is 23.1 Å². The topological polar surface area (TPSA) is 81.4 Å². The fourth-order valence-electron chi connectivity index (χ4n) is 1.48. The van der Waals surface area contributed by atoms with Crippen LogP contribution in [0.25, 0.3) is 0 Å². The van der Waals surface area contributed by atoms with Gasteiger partial charge in [0, 0.05) is 18.7 Å². The molecule has 1 aromatic carbocycles. The summed E-state index contributed by atoms with van der Waals surface area (Å²) in [4.78, 5) is -0.202. The highest BCUT2D eigenvalue weighted by molar-refractivity contribution is 7.89. The van der Waals surface area contributed by atoms with Gasteiger partial charge in [0.25, 0.3) is 0 Å². The first-order valence-corrected chi connectivity index (χ1v) is 7.14. The lowest BCUT2D eigenvalue weighted by atomic mass is 10.3. The van der Waals surface area contributed by atoms with Gasteiger partial charge in [-0.05, 0) is 24.6 Å². The summed E-state index contributed by atoms with van der Waals surface area (Å²) < 4.78 is 66.8. The van der Waals surface area contributed by atoms with Crippen LogP contribution >= 0.6 is 0 Å². The number of ether oxygens (including phenoxy) is 1. The quantitative estimate of drug-likeness (QED) is 0.621. The van der Waals surface area contributed by atoms with E-state index in [9.17, 15) is 21.6 Å². The average molecular weight is 312 g/mol. The largest absolute Gasteiger partial charge is 0.495 e. The van der Waals surface area contributed by atoms with Crippen LogP contribution in [0.4, 0.5) is 18.9 Å². The molecule has 1 rings (SSSR count). The fourth-order valence-corrected chi connectivity index (χ4v) is 2.75. The predicted octanol–water partition coefficient (Wildman–Crippen LogP) is 1.90. The second-order valence-corrected chi connectivity index (χ2v) is 5.76. The van der Waals surface area contributed by atoms with E-state index in [1.165, 1.54) is 25.3 Å². The highest BCUT2D eigenvalue weighted by Crippen LogP contribution is 2.26. The molecule has 0 saturated carbocycles. The molecule has 9 heteroatoms. The summed E-state index contributed by atoms with van der Waals surface area (Å²) in [6, 6.07) is 4.02. The van der Waals surface area contributed by atoms with Crippen molar-refractivity contribution in [2.45, 2.75) is 23.9 Å². The minimum Gasteiger partial charge on any atom is -0.495 e. The van der Waals surface area contributed by atoms with E-state index in [-0.39, 0.29) is 29.3 Å². The second kappa shape index (κ2) is 6.31. The molecule has 0 amide bonds. The van der Waals surface area contributed by atoms with Gasteiger partial charge >= 0.3 is 6.18 Å². The molecule has 0 saturated heterocycles. The molecule has 0 aromatic heterocycles. The van der Waals surface area contributed by atoms with Crippen LogP contribution in [0.2, 0.25) is 0 Å². The van der Waals surface area contributed by atoms with Gasteiger partial charge in [-0.3, -0.25) is 0 Å². The zero-order valence-corrected chi connectivity index (χ0v) is 11.5. The molecule has 0 fully saturated rings. The van der Waals surface area contributed by atoms with Crippen LogP contribution < -0.4 is 15.2 Å². The molecule has 0 bridgehead atoms. The second-order valence-electron chi connectivity index (χ2n) is 4.03. The summed E-state index contributed by atoms with van der Waals surface area (Å²) in [5.74, 6) is 0.0718. The molecule has 0 atom stereocenters. The molecular weight excluding hydrogens is 297 g/mol. The number of benzene rings is 1. The minimum atomic E-state index is -4.31. The van der Waals surface area contributed by atoms with Gasteiger partial charge in [0.1, 0.15) is 10.6 Å². The van der Waals surface area contributed by atoms with Gasteiger partial charge in [0.05, 0.1) is 7.11 Å². The molecule has 0 heterocycles. The number of nitrogens with two attached hydrogens (primary N) is 1. The van der Waals surface area contributed by atoms with E-state index < -0.39 is 22.6 Å². The Hall–Kier alpha value is -1.48. The lowest BCUT2D eigenvalue weighted by Crippen LogP contribution is -2.26. The van der Waals surface area contributed by atoms with Gasteiger partial charge in [-0.15, -0.1) is 0 Å². The predicted molar refractivity (Wildman–Crippen MR) is 67.9 cm³/mol. The molecule has 0 aliphatic heterocycles. The lowest BCUT2D eigenvalue weighted by Gasteiger charge is -2.12. The summed E-state index contributed by atoms with van der Waals surface area (Å²) >= 11 is 0. The minimum absolute atomic E-state index is 0.0718. The number of sulfonamides is 1. The Morgan fingerprint density at radius 3 is 2.55 bits per heavy atom. The van der Waals surface area contributed by atoms with Crippen LogP contribution in [0, 0.1) is 0 Å². The maximum absolute atomic E-state index is 12.0. The van der Waals surface area contributed by atoms with Crippen LogP contribution in [-0.4, -0.2) is 28.2 Å². The Balaban J connectivity index is 2.77. The monoisotopic (exact) mass is 312 g/mol. The standard InChI is InChI=1S/C11H15F3N2O3S/c1-19-9-4-3-8(15)7-10(9)20(17,18)16-6-2-5-11(12,13)14/h3-4,7,16H,2,5-6,15H2,1H3. The van der Waals surface area contributed by atoms with Crippen molar-refractivity contribution >= 4 is 15.7 Å². The Morgan fingerprint density at radius 2 is 2.00 bits per heavy atom. The molecule has 5 nitrogen and oxygen atoms in total. The number of nitrogens with one attached hydrogen (secondary N) is 1. The van der Waals surface area contributed by atoms with E-state index in [1.807, 2.05) is 0 Å². The maximum Gasteiger partial charge on any atom is 0.389 e. The number of hydrogen-bond donors (Lipinski definition) is 2. The molecule has 3 N–H and O–H groups in total. The molecule has 0 aliphatic carbocycles. The smallest absolute Gasteiger partial charge is 0.389 e. The molecule has 0 spiro atoms. The summed E-state index contributed by atoms with van der Waals surface area (Å²) in [6.07, 6.45) is -5.70. The third-order valence-corrected chi connectivity index (χ3v) is 3.89. The maximum atomic E-state index is 12.0. The van der Waals surface area contributed by atoms with E-state index >= 15 is 0 Å². The summed E-state index contributed by atoms with van der Waals surface area (Å²) in [7, 11) is -2.68. The van der Waals surface area contributed by atoms with Crippen molar-refractivity contribution in [3.8, 4) is 5.75 Å². The van der Waals surface area contributed by atoms with Gasteiger partial charge < -0.3 is 10.5 Å². The van der Waals surface area contributed by atoms with Crippen molar-refractivity contribution in [1.29, 1.82) is 0 Å². The van der Waals surface area contributed by atoms with Crippen LogP contribution in [-0.2, 0) is 10.0 Å². The van der Waals surface area contributed by atoms with Crippen molar-refractivity contribution in [3.63, 3.8) is 0 Å². The third kappa shape index (κ3) is 4.89. The van der Waals surface area contributed by atoms with Crippen molar-refractivity contribution in [2.24, 2.45) is 0 Å². The van der Waals surface area contributed by atoms with Crippen molar-refractivity contribution in [3.05, 3.63) is 18.2 Å². The fraction of sp³-hybridized carbons (Fsp3) is 0.455. The normalized spacial score (nSPS) is 12.4. The van der Waals surface area contributed by atoms with E-state index in [0.717, 1.165) is 0 Å². The number of anilines is 1. The van der Waals surface area contributed by atoms with Gasteiger partial charge in [0.15, 0.2) is 0 Å². The van der Waals surface area contributed by atoms with Crippen LogP contribution in [0.3, 0.4) is 0 Å². The molecule has 1 aromatic rings. The van der Waals surface area contributed by atoms with Gasteiger partial charge in [0.2, 0.25) is 10.0 Å². The van der Waals surface area contributed by atoms with Crippen molar-refractivity contribution in [1.82, 2.24) is 4.72 Å². The summed E-state index contributed by atoms with van der Waals surface area (Å²) in [6.45, 7) is -0.320. The Labute approximate surface area is 115 Å². The van der Waals surface area contributed by atoms with Gasteiger partial charge in [-0.2, -0.15) is 13.2 Å². The first-order chi connectivity index (χ1) is 9.15. The first kappa shape index (κ1) is 16.6. The Bertz CT molecular complexity index is 559. The van der Waals surface area contributed by atoms with Crippen molar-refractivity contribution in [2.75, 3.05) is 19.4 Å². The molecule has 0 radical (unpaired) electrons. The van der Waals surface area contributed by atoms with E-state index in [2.05, 4.69) is 4.72 Å². The summed E-state index contributed by atoms with van der Waals surface area (Å²) in [5, 5.41) is 0. The number of halogens is 3. The van der Waals surface area contributed by atoms with Crippen molar-refractivity contribution < 1.29 is 26.3 Å². The molecular formula is C11H15F3N2O3S. The van der Waals surface area contributed by atoms with Crippen LogP contribution in [0.1, 0.15) is 12.8 Å². The highest BCUT2D eigenvalue weighted by Gasteiger charge is 2.26. The zero-order chi connectivity index (χ0) is 15.4. The van der Waals surface area contributed by atoms with E-state index in [0.29, 0.717) is 0 Å². The SMILES string of the molecule is COc1ccc(N)cc1S(=O)(=O)NCCCC(F)(F)F. The highest BCUT2D eigenvalue weighted by atomic mass is 32.2. The Morgan fingerprint density at radius 1 is 1.35 bits per heavy atom. The van der Waals surface area contributed by atoms with E-state index in [1.54, 1.807) is 0 Å². The first-order valence-electron chi connectivity index (χ1n) is 5.65. The number of hydrogen-bond acceptors (Lipinski definition) is 4. The number of nitrogen functional groups attached to an aromatic ring is 1. The average Bonchev–Trinajstić information content (AvgIpc) is 2.33. The molecule has 114 valence electrons. The third-order valence-electron chi connectivity index (χ3n) is 2.41. The lowest BCUT2D eigenvalue weighted by molar-refractivity contribution is -0.135. The molecule has 20 heavy (non-hydrogen) atoms. The van der Waals surface area contributed by atoms with Gasteiger partial charge in [-0.1, -0.05) is 0 Å². The zero-order valence-electron chi connectivity index (χ0n) is 10.7. The van der Waals surface area contributed by atoms with Gasteiger partial charge in [-0.25, -0.2) is 13.1 Å². The number of alkyl halides is 3. The number of methoxy groups -OCH3 is 1. The number of rotatable bonds is 6. The van der Waals surface area contributed by atoms with Crippen LogP contribution in [0.5, 0.6) is 5.75 Å². The molecule has 0 unspecified atom stereocenters. The molecule has 0 aliphatic rings. The Kier molecular flexibility index (Phi) is 5.23. The summed E-state index contributed by atoms with van der Waals surface area (Å²) in [5.41, 5.74) is 5.70.